The molecule has 128 valence electrons. The number of nitrogens with zero attached hydrogens (tertiary/aromatic N) is 2. The highest BCUT2D eigenvalue weighted by molar-refractivity contribution is 6.34. The average Bonchev–Trinajstić information content (AvgIpc) is 3.05. The van der Waals surface area contributed by atoms with Crippen molar-refractivity contribution in [1.82, 2.24) is 14.8 Å². The third-order valence-electron chi connectivity index (χ3n) is 3.74. The van der Waals surface area contributed by atoms with Crippen LogP contribution in [0.1, 0.15) is 30.2 Å². The topological polar surface area (TPSA) is 79.8 Å². The summed E-state index contributed by atoms with van der Waals surface area (Å²) in [6.07, 6.45) is 3.16. The van der Waals surface area contributed by atoms with Crippen molar-refractivity contribution in [3.05, 3.63) is 69.7 Å². The van der Waals surface area contributed by atoms with E-state index in [-0.39, 0.29) is 16.6 Å². The largest absolute Gasteiger partial charge is 0.328 e. The number of carbonyl (C=O) groups is 1. The maximum Gasteiger partial charge on any atom is 0.262 e. The number of H-pyrrole nitrogens is 1. The fourth-order valence-electron chi connectivity index (χ4n) is 2.54. The fraction of sp³-hybridized carbons (Fsp3) is 0.167. The number of hydrogen-bond donors (Lipinski definition) is 2. The van der Waals surface area contributed by atoms with Crippen molar-refractivity contribution in [2.45, 2.75) is 19.9 Å². The number of rotatable bonds is 4. The summed E-state index contributed by atoms with van der Waals surface area (Å²) in [5.74, 6) is -0.549. The first kappa shape index (κ1) is 17.0. The summed E-state index contributed by atoms with van der Waals surface area (Å²) in [4.78, 5) is 26.5. The molecule has 2 N–H and O–H groups in total. The SMILES string of the molecule is CC(C)n1nccc1-c1ccc(NC(=O)c2c(Cl)cc[nH]c2=O)cc1. The van der Waals surface area contributed by atoms with E-state index >= 15 is 0 Å². The Morgan fingerprint density at radius 3 is 2.56 bits per heavy atom. The monoisotopic (exact) mass is 356 g/mol. The van der Waals surface area contributed by atoms with Gasteiger partial charge >= 0.3 is 0 Å². The molecular formula is C18H17ClN4O2. The van der Waals surface area contributed by atoms with E-state index in [1.54, 1.807) is 18.3 Å². The molecule has 2 aromatic heterocycles. The number of anilines is 1. The molecule has 0 saturated heterocycles. The summed E-state index contributed by atoms with van der Waals surface area (Å²) in [5.41, 5.74) is 1.92. The second kappa shape index (κ2) is 6.94. The quantitative estimate of drug-likeness (QED) is 0.747. The van der Waals surface area contributed by atoms with Crippen LogP contribution in [-0.4, -0.2) is 20.7 Å². The van der Waals surface area contributed by atoms with Crippen molar-refractivity contribution in [2.24, 2.45) is 0 Å². The summed E-state index contributed by atoms with van der Waals surface area (Å²) in [6, 6.07) is 11.0. The number of aromatic amines is 1. The van der Waals surface area contributed by atoms with Gasteiger partial charge in [0.05, 0.1) is 10.7 Å². The molecule has 1 aromatic carbocycles. The van der Waals surface area contributed by atoms with Crippen LogP contribution in [0.15, 0.2) is 53.6 Å². The highest BCUT2D eigenvalue weighted by atomic mass is 35.5. The summed E-state index contributed by atoms with van der Waals surface area (Å²) < 4.78 is 1.93. The normalized spacial score (nSPS) is 10.9. The van der Waals surface area contributed by atoms with Gasteiger partial charge in [0.2, 0.25) is 0 Å². The number of nitrogens with one attached hydrogen (secondary N) is 2. The van der Waals surface area contributed by atoms with Crippen molar-refractivity contribution >= 4 is 23.2 Å². The number of hydrogen-bond acceptors (Lipinski definition) is 3. The van der Waals surface area contributed by atoms with Crippen LogP contribution in [0.4, 0.5) is 5.69 Å². The lowest BCUT2D eigenvalue weighted by atomic mass is 10.1. The minimum absolute atomic E-state index is 0.105. The molecule has 2 heterocycles. The molecule has 0 radical (unpaired) electrons. The van der Waals surface area contributed by atoms with Crippen LogP contribution in [0.2, 0.25) is 5.02 Å². The number of halogens is 1. The molecule has 25 heavy (non-hydrogen) atoms. The Kier molecular flexibility index (Phi) is 4.72. The first-order valence-electron chi connectivity index (χ1n) is 7.80. The summed E-state index contributed by atoms with van der Waals surface area (Å²) >= 11 is 5.94. The van der Waals surface area contributed by atoms with Gasteiger partial charge in [0, 0.05) is 24.1 Å². The van der Waals surface area contributed by atoms with E-state index in [1.807, 2.05) is 22.9 Å². The van der Waals surface area contributed by atoms with E-state index in [9.17, 15) is 9.59 Å². The van der Waals surface area contributed by atoms with E-state index in [4.69, 9.17) is 11.6 Å². The average molecular weight is 357 g/mol. The molecular weight excluding hydrogens is 340 g/mol. The predicted molar refractivity (Wildman–Crippen MR) is 98.1 cm³/mol. The van der Waals surface area contributed by atoms with Crippen LogP contribution < -0.4 is 10.9 Å². The molecule has 7 heteroatoms. The van der Waals surface area contributed by atoms with Crippen molar-refractivity contribution in [3.8, 4) is 11.3 Å². The Bertz CT molecular complexity index is 958. The van der Waals surface area contributed by atoms with Crippen LogP contribution in [0.25, 0.3) is 11.3 Å². The van der Waals surface area contributed by atoms with Gasteiger partial charge in [-0.25, -0.2) is 0 Å². The second-order valence-electron chi connectivity index (χ2n) is 5.82. The summed E-state index contributed by atoms with van der Waals surface area (Å²) in [7, 11) is 0. The molecule has 0 aliphatic rings. The molecule has 0 atom stereocenters. The molecule has 6 nitrogen and oxygen atoms in total. The van der Waals surface area contributed by atoms with Gasteiger partial charge in [-0.1, -0.05) is 23.7 Å². The lowest BCUT2D eigenvalue weighted by Gasteiger charge is -2.12. The molecule has 0 saturated carbocycles. The Hall–Kier alpha value is -2.86. The number of aromatic nitrogens is 3. The van der Waals surface area contributed by atoms with Gasteiger partial charge in [0.1, 0.15) is 5.56 Å². The van der Waals surface area contributed by atoms with Crippen LogP contribution in [0.5, 0.6) is 0 Å². The number of carbonyl (C=O) groups excluding carboxylic acids is 1. The van der Waals surface area contributed by atoms with E-state index in [0.717, 1.165) is 11.3 Å². The van der Waals surface area contributed by atoms with Crippen molar-refractivity contribution in [2.75, 3.05) is 5.32 Å². The highest BCUT2D eigenvalue weighted by Gasteiger charge is 2.15. The minimum Gasteiger partial charge on any atom is -0.328 e. The molecule has 0 aliphatic heterocycles. The lowest BCUT2D eigenvalue weighted by Crippen LogP contribution is -2.23. The van der Waals surface area contributed by atoms with Gasteiger partial charge in [0.25, 0.3) is 11.5 Å². The van der Waals surface area contributed by atoms with E-state index < -0.39 is 11.5 Å². The van der Waals surface area contributed by atoms with Gasteiger partial charge in [-0.3, -0.25) is 14.3 Å². The zero-order valence-electron chi connectivity index (χ0n) is 13.8. The number of pyridine rings is 1. The third kappa shape index (κ3) is 3.49. The Labute approximate surface area is 149 Å². The van der Waals surface area contributed by atoms with Gasteiger partial charge in [0.15, 0.2) is 0 Å². The van der Waals surface area contributed by atoms with Gasteiger partial charge in [-0.05, 0) is 43.7 Å². The van der Waals surface area contributed by atoms with Crippen LogP contribution >= 0.6 is 11.6 Å². The zero-order valence-corrected chi connectivity index (χ0v) is 14.5. The predicted octanol–water partition coefficient (Wildman–Crippen LogP) is 3.73. The third-order valence-corrected chi connectivity index (χ3v) is 4.05. The molecule has 3 rings (SSSR count). The molecule has 0 unspecified atom stereocenters. The number of benzene rings is 1. The summed E-state index contributed by atoms with van der Waals surface area (Å²) in [6.45, 7) is 4.12. The lowest BCUT2D eigenvalue weighted by molar-refractivity contribution is 0.102. The zero-order chi connectivity index (χ0) is 18.0. The van der Waals surface area contributed by atoms with Gasteiger partial charge < -0.3 is 10.3 Å². The smallest absolute Gasteiger partial charge is 0.262 e. The van der Waals surface area contributed by atoms with E-state index in [0.29, 0.717) is 5.69 Å². The molecule has 0 spiro atoms. The Morgan fingerprint density at radius 2 is 1.92 bits per heavy atom. The minimum atomic E-state index is -0.549. The van der Waals surface area contributed by atoms with Crippen molar-refractivity contribution < 1.29 is 4.79 Å². The fourth-order valence-corrected chi connectivity index (χ4v) is 2.77. The molecule has 0 bridgehead atoms. The van der Waals surface area contributed by atoms with Crippen molar-refractivity contribution in [3.63, 3.8) is 0 Å². The Morgan fingerprint density at radius 1 is 1.20 bits per heavy atom. The van der Waals surface area contributed by atoms with Gasteiger partial charge in [-0.15, -0.1) is 0 Å². The molecule has 0 fully saturated rings. The molecule has 3 aromatic rings. The van der Waals surface area contributed by atoms with Crippen LogP contribution in [0, 0.1) is 0 Å². The Balaban J connectivity index is 1.83. The highest BCUT2D eigenvalue weighted by Crippen LogP contribution is 2.24. The van der Waals surface area contributed by atoms with Crippen LogP contribution in [-0.2, 0) is 0 Å². The molecule has 0 aliphatic carbocycles. The van der Waals surface area contributed by atoms with Crippen LogP contribution in [0.3, 0.4) is 0 Å². The van der Waals surface area contributed by atoms with E-state index in [2.05, 4.69) is 29.2 Å². The maximum absolute atomic E-state index is 12.3. The second-order valence-corrected chi connectivity index (χ2v) is 6.22. The van der Waals surface area contributed by atoms with E-state index in [1.165, 1.54) is 12.3 Å². The first-order chi connectivity index (χ1) is 12.0. The summed E-state index contributed by atoms with van der Waals surface area (Å²) in [5, 5.41) is 7.11. The first-order valence-corrected chi connectivity index (χ1v) is 8.17. The maximum atomic E-state index is 12.3. The van der Waals surface area contributed by atoms with Gasteiger partial charge in [-0.2, -0.15) is 5.10 Å². The number of amides is 1. The molecule has 1 amide bonds. The standard InChI is InChI=1S/C18H17ClN4O2/c1-11(2)23-15(8-10-21-23)12-3-5-13(6-4-12)22-18(25)16-14(19)7-9-20-17(16)24/h3-11H,1-2H3,(H,20,24)(H,22,25). The van der Waals surface area contributed by atoms with Crippen molar-refractivity contribution in [1.29, 1.82) is 0 Å².